The Bertz CT molecular complexity index is 468. The molecule has 4 rings (SSSR count). The number of nitrogens with one attached hydrogen (secondary N) is 2. The first-order valence-electron chi connectivity index (χ1n) is 8.61. The Morgan fingerprint density at radius 3 is 2.09 bits per heavy atom. The van der Waals surface area contributed by atoms with E-state index in [4.69, 9.17) is 4.74 Å². The summed E-state index contributed by atoms with van der Waals surface area (Å²) >= 11 is 0. The number of carbonyl (C=O) groups is 3. The van der Waals surface area contributed by atoms with Crippen molar-refractivity contribution < 1.29 is 19.1 Å². The SMILES string of the molecule is CNC(=O)COC(=O)CNC(=O)CC12CC3CC(CC(C3)C1)C2. The Balaban J connectivity index is 1.43. The fraction of sp³-hybridized carbons (Fsp3) is 0.824. The molecule has 4 aliphatic rings. The van der Waals surface area contributed by atoms with Crippen molar-refractivity contribution in [2.24, 2.45) is 23.2 Å². The minimum Gasteiger partial charge on any atom is -0.454 e. The third-order valence-corrected chi connectivity index (χ3v) is 5.77. The maximum absolute atomic E-state index is 12.2. The van der Waals surface area contributed by atoms with Crippen molar-refractivity contribution in [3.8, 4) is 0 Å². The molecule has 6 heteroatoms. The molecular weight excluding hydrogens is 296 g/mol. The molecule has 0 heterocycles. The second kappa shape index (κ2) is 6.49. The molecule has 0 aromatic carbocycles. The highest BCUT2D eigenvalue weighted by Crippen LogP contribution is 2.61. The molecular formula is C17H26N2O4. The zero-order chi connectivity index (χ0) is 16.4. The van der Waals surface area contributed by atoms with Crippen molar-refractivity contribution in [3.63, 3.8) is 0 Å². The lowest BCUT2D eigenvalue weighted by molar-refractivity contribution is -0.148. The number of hydrogen-bond acceptors (Lipinski definition) is 4. The van der Waals surface area contributed by atoms with Gasteiger partial charge in [-0.05, 0) is 61.7 Å². The molecule has 4 saturated carbocycles. The molecule has 0 atom stereocenters. The molecule has 0 saturated heterocycles. The van der Waals surface area contributed by atoms with Gasteiger partial charge < -0.3 is 15.4 Å². The number of likely N-dealkylation sites (N-methyl/N-ethyl adjacent to an activating group) is 1. The van der Waals surface area contributed by atoms with Gasteiger partial charge in [-0.15, -0.1) is 0 Å². The van der Waals surface area contributed by atoms with E-state index in [-0.39, 0.29) is 30.4 Å². The van der Waals surface area contributed by atoms with Crippen molar-refractivity contribution in [3.05, 3.63) is 0 Å². The molecule has 0 spiro atoms. The van der Waals surface area contributed by atoms with Crippen molar-refractivity contribution in [2.45, 2.75) is 44.9 Å². The van der Waals surface area contributed by atoms with Crippen LogP contribution in [0.1, 0.15) is 44.9 Å². The van der Waals surface area contributed by atoms with Crippen LogP contribution in [0.25, 0.3) is 0 Å². The van der Waals surface area contributed by atoms with Crippen molar-refractivity contribution in [1.82, 2.24) is 10.6 Å². The topological polar surface area (TPSA) is 84.5 Å². The molecule has 6 nitrogen and oxygen atoms in total. The average Bonchev–Trinajstić information content (AvgIpc) is 2.48. The quantitative estimate of drug-likeness (QED) is 0.715. The number of rotatable bonds is 6. The van der Waals surface area contributed by atoms with Gasteiger partial charge in [0.2, 0.25) is 5.91 Å². The third-order valence-electron chi connectivity index (χ3n) is 5.77. The lowest BCUT2D eigenvalue weighted by Gasteiger charge is -2.56. The van der Waals surface area contributed by atoms with E-state index in [0.29, 0.717) is 6.42 Å². The molecule has 128 valence electrons. The van der Waals surface area contributed by atoms with E-state index >= 15 is 0 Å². The van der Waals surface area contributed by atoms with Crippen LogP contribution in [-0.2, 0) is 19.1 Å². The highest BCUT2D eigenvalue weighted by atomic mass is 16.5. The zero-order valence-corrected chi connectivity index (χ0v) is 13.7. The third kappa shape index (κ3) is 3.85. The van der Waals surface area contributed by atoms with Gasteiger partial charge in [0.05, 0.1) is 0 Å². The van der Waals surface area contributed by atoms with E-state index in [1.807, 2.05) is 0 Å². The van der Waals surface area contributed by atoms with E-state index in [2.05, 4.69) is 10.6 Å². The molecule has 2 N–H and O–H groups in total. The molecule has 0 aromatic rings. The van der Waals surface area contributed by atoms with Crippen LogP contribution in [0.5, 0.6) is 0 Å². The van der Waals surface area contributed by atoms with E-state index in [9.17, 15) is 14.4 Å². The van der Waals surface area contributed by atoms with Gasteiger partial charge in [-0.2, -0.15) is 0 Å². The summed E-state index contributed by atoms with van der Waals surface area (Å²) in [7, 11) is 1.48. The average molecular weight is 322 g/mol. The molecule has 4 fully saturated rings. The standard InChI is InChI=1S/C17H26N2O4/c1-18-15(21)10-23-16(22)9-19-14(20)8-17-5-11-2-12(6-17)4-13(3-11)7-17/h11-13H,2-10H2,1H3,(H,18,21)(H,19,20). The number of ether oxygens (including phenoxy) is 1. The predicted octanol–water partition coefficient (Wildman–Crippen LogP) is 0.998. The molecule has 4 aliphatic carbocycles. The van der Waals surface area contributed by atoms with Crippen molar-refractivity contribution in [1.29, 1.82) is 0 Å². The Morgan fingerprint density at radius 2 is 1.57 bits per heavy atom. The molecule has 2 amide bonds. The van der Waals surface area contributed by atoms with E-state index in [1.54, 1.807) is 0 Å². The van der Waals surface area contributed by atoms with Gasteiger partial charge in [0.25, 0.3) is 5.91 Å². The minimum absolute atomic E-state index is 0.0659. The normalized spacial score (nSPS) is 34.0. The lowest BCUT2D eigenvalue weighted by Crippen LogP contribution is -2.48. The Labute approximate surface area is 136 Å². The Morgan fingerprint density at radius 1 is 1.00 bits per heavy atom. The van der Waals surface area contributed by atoms with Gasteiger partial charge in [-0.3, -0.25) is 14.4 Å². The van der Waals surface area contributed by atoms with Gasteiger partial charge in [0.1, 0.15) is 6.54 Å². The molecule has 4 bridgehead atoms. The first-order chi connectivity index (χ1) is 11.0. The number of esters is 1. The number of carbonyl (C=O) groups excluding carboxylic acids is 3. The first kappa shape index (κ1) is 16.3. The second-order valence-corrected chi connectivity index (χ2v) is 7.70. The van der Waals surface area contributed by atoms with Gasteiger partial charge >= 0.3 is 5.97 Å². The van der Waals surface area contributed by atoms with Crippen LogP contribution in [0.2, 0.25) is 0 Å². The van der Waals surface area contributed by atoms with Gasteiger partial charge in [0.15, 0.2) is 6.61 Å². The zero-order valence-electron chi connectivity index (χ0n) is 13.7. The van der Waals surface area contributed by atoms with Crippen LogP contribution in [0.4, 0.5) is 0 Å². The van der Waals surface area contributed by atoms with Crippen LogP contribution in [-0.4, -0.2) is 38.0 Å². The summed E-state index contributed by atoms with van der Waals surface area (Å²) in [6.07, 6.45) is 8.11. The van der Waals surface area contributed by atoms with Crippen LogP contribution >= 0.6 is 0 Å². The smallest absolute Gasteiger partial charge is 0.325 e. The van der Waals surface area contributed by atoms with Crippen LogP contribution in [0.3, 0.4) is 0 Å². The van der Waals surface area contributed by atoms with Crippen LogP contribution < -0.4 is 10.6 Å². The molecule has 0 radical (unpaired) electrons. The second-order valence-electron chi connectivity index (χ2n) is 7.70. The summed E-state index contributed by atoms with van der Waals surface area (Å²) in [6.45, 7) is -0.470. The molecule has 0 aromatic heterocycles. The van der Waals surface area contributed by atoms with Crippen LogP contribution in [0.15, 0.2) is 0 Å². The van der Waals surface area contributed by atoms with Gasteiger partial charge in [-0.1, -0.05) is 0 Å². The summed E-state index contributed by atoms with van der Waals surface area (Å²) in [5.74, 6) is 1.43. The van der Waals surface area contributed by atoms with E-state index < -0.39 is 5.97 Å². The maximum Gasteiger partial charge on any atom is 0.325 e. The lowest BCUT2D eigenvalue weighted by atomic mass is 9.49. The fourth-order valence-electron chi connectivity index (χ4n) is 5.35. The first-order valence-corrected chi connectivity index (χ1v) is 8.61. The predicted molar refractivity (Wildman–Crippen MR) is 83.3 cm³/mol. The minimum atomic E-state index is -0.576. The summed E-state index contributed by atoms with van der Waals surface area (Å²) < 4.78 is 4.77. The largest absolute Gasteiger partial charge is 0.454 e. The molecule has 0 unspecified atom stereocenters. The Kier molecular flexibility index (Phi) is 4.60. The summed E-state index contributed by atoms with van der Waals surface area (Å²) in [5, 5.41) is 5.02. The van der Waals surface area contributed by atoms with Crippen molar-refractivity contribution in [2.75, 3.05) is 20.2 Å². The molecule has 0 aliphatic heterocycles. The van der Waals surface area contributed by atoms with E-state index in [1.165, 1.54) is 45.6 Å². The summed E-state index contributed by atoms with van der Waals surface area (Å²) in [4.78, 5) is 34.7. The van der Waals surface area contributed by atoms with Crippen molar-refractivity contribution >= 4 is 17.8 Å². The summed E-state index contributed by atoms with van der Waals surface area (Å²) in [6, 6.07) is 0. The number of amides is 2. The molecule has 23 heavy (non-hydrogen) atoms. The van der Waals surface area contributed by atoms with E-state index in [0.717, 1.165) is 17.8 Å². The monoisotopic (exact) mass is 322 g/mol. The highest BCUT2D eigenvalue weighted by molar-refractivity contribution is 5.84. The fourth-order valence-corrected chi connectivity index (χ4v) is 5.35. The van der Waals surface area contributed by atoms with Crippen LogP contribution in [0, 0.1) is 23.2 Å². The van der Waals surface area contributed by atoms with Gasteiger partial charge in [-0.25, -0.2) is 0 Å². The Hall–Kier alpha value is -1.59. The van der Waals surface area contributed by atoms with Gasteiger partial charge in [0, 0.05) is 13.5 Å². The maximum atomic E-state index is 12.2. The summed E-state index contributed by atoms with van der Waals surface area (Å²) in [5.41, 5.74) is 0.171. The highest BCUT2D eigenvalue weighted by Gasteiger charge is 2.51. The number of hydrogen-bond donors (Lipinski definition) is 2.